The van der Waals surface area contributed by atoms with Gasteiger partial charge in [-0.05, 0) is 25.2 Å². The summed E-state index contributed by atoms with van der Waals surface area (Å²) in [5.41, 5.74) is -0.910. The maximum atomic E-state index is 12.6. The van der Waals surface area contributed by atoms with Crippen molar-refractivity contribution in [3.63, 3.8) is 0 Å². The van der Waals surface area contributed by atoms with Crippen LogP contribution in [0.15, 0.2) is 12.4 Å². The van der Waals surface area contributed by atoms with E-state index in [9.17, 15) is 14.4 Å². The van der Waals surface area contributed by atoms with Gasteiger partial charge in [-0.2, -0.15) is 0 Å². The predicted octanol–water partition coefficient (Wildman–Crippen LogP) is 0.547. The second-order valence-electron chi connectivity index (χ2n) is 7.22. The fourth-order valence-electron chi connectivity index (χ4n) is 3.89. The summed E-state index contributed by atoms with van der Waals surface area (Å²) in [6, 6.07) is 1.25. The van der Waals surface area contributed by atoms with Gasteiger partial charge in [0.05, 0.1) is 0 Å². The normalized spacial score (nSPS) is 25.4. The third kappa shape index (κ3) is 3.55. The fraction of sp³-hybridized carbons (Fsp3) is 0.588. The summed E-state index contributed by atoms with van der Waals surface area (Å²) >= 11 is 5.91. The first-order chi connectivity index (χ1) is 13.0. The van der Waals surface area contributed by atoms with Crippen LogP contribution < -0.4 is 15.5 Å². The van der Waals surface area contributed by atoms with Crippen LogP contribution in [0.25, 0.3) is 0 Å². The zero-order valence-electron chi connectivity index (χ0n) is 14.8. The van der Waals surface area contributed by atoms with E-state index in [4.69, 9.17) is 11.6 Å². The minimum absolute atomic E-state index is 0.00402. The number of carbonyl (C=O) groups excluding carboxylic acids is 3. The molecule has 0 radical (unpaired) electrons. The number of carbonyl (C=O) groups is 3. The van der Waals surface area contributed by atoms with Gasteiger partial charge in [0.15, 0.2) is 0 Å². The predicted molar refractivity (Wildman–Crippen MR) is 97.2 cm³/mol. The SMILES string of the molecule is O=C1NC(=O)C(CCC(=O)N2CCN(c3cc(Cl)ncn3)CC2)(C2CC2)N1. The average molecular weight is 393 g/mol. The Morgan fingerprint density at radius 2 is 1.96 bits per heavy atom. The van der Waals surface area contributed by atoms with Gasteiger partial charge in [0.1, 0.15) is 22.8 Å². The van der Waals surface area contributed by atoms with Gasteiger partial charge < -0.3 is 15.1 Å². The van der Waals surface area contributed by atoms with Gasteiger partial charge in [0.2, 0.25) is 5.91 Å². The number of urea groups is 1. The standard InChI is InChI=1S/C17H21ClN6O3/c18-12-9-13(20-10-19-12)23-5-7-24(8-6-23)14(25)3-4-17(11-1-2-11)15(26)21-16(27)22-17/h9-11H,1-8H2,(H2,21,22,26,27). The number of rotatable bonds is 5. The molecule has 3 fully saturated rings. The van der Waals surface area contributed by atoms with E-state index < -0.39 is 11.6 Å². The van der Waals surface area contributed by atoms with E-state index in [2.05, 4.69) is 25.5 Å². The van der Waals surface area contributed by atoms with E-state index in [1.165, 1.54) is 6.33 Å². The first-order valence-electron chi connectivity index (χ1n) is 9.12. The Morgan fingerprint density at radius 3 is 2.56 bits per heavy atom. The van der Waals surface area contributed by atoms with Crippen molar-refractivity contribution in [2.24, 2.45) is 5.92 Å². The van der Waals surface area contributed by atoms with Crippen LogP contribution in [-0.2, 0) is 9.59 Å². The topological polar surface area (TPSA) is 108 Å². The number of piperazine rings is 1. The van der Waals surface area contributed by atoms with Crippen molar-refractivity contribution < 1.29 is 14.4 Å². The van der Waals surface area contributed by atoms with Crippen LogP contribution in [0.2, 0.25) is 5.15 Å². The molecule has 1 aliphatic carbocycles. The van der Waals surface area contributed by atoms with Crippen molar-refractivity contribution in [1.29, 1.82) is 0 Å². The van der Waals surface area contributed by atoms with Crippen LogP contribution in [0.1, 0.15) is 25.7 Å². The highest BCUT2D eigenvalue weighted by atomic mass is 35.5. The van der Waals surface area contributed by atoms with E-state index in [-0.39, 0.29) is 24.2 Å². The third-order valence-electron chi connectivity index (χ3n) is 5.55. The van der Waals surface area contributed by atoms with E-state index in [1.807, 2.05) is 0 Å². The Labute approximate surface area is 161 Å². The molecular weight excluding hydrogens is 372 g/mol. The summed E-state index contributed by atoms with van der Waals surface area (Å²) < 4.78 is 0. The Morgan fingerprint density at radius 1 is 1.22 bits per heavy atom. The highest BCUT2D eigenvalue weighted by molar-refractivity contribution is 6.29. The molecule has 0 aromatic carbocycles. The molecule has 27 heavy (non-hydrogen) atoms. The smallest absolute Gasteiger partial charge is 0.322 e. The van der Waals surface area contributed by atoms with Crippen molar-refractivity contribution in [3.05, 3.63) is 17.5 Å². The number of nitrogens with zero attached hydrogens (tertiary/aromatic N) is 4. The molecule has 0 spiro atoms. The first-order valence-corrected chi connectivity index (χ1v) is 9.49. The van der Waals surface area contributed by atoms with Gasteiger partial charge in [-0.1, -0.05) is 11.6 Å². The van der Waals surface area contributed by atoms with E-state index in [0.717, 1.165) is 18.7 Å². The van der Waals surface area contributed by atoms with Crippen LogP contribution in [0.3, 0.4) is 0 Å². The molecule has 0 bridgehead atoms. The van der Waals surface area contributed by atoms with Crippen LogP contribution in [-0.4, -0.2) is 64.4 Å². The Hall–Kier alpha value is -2.42. The van der Waals surface area contributed by atoms with Crippen LogP contribution in [0, 0.1) is 5.92 Å². The lowest BCUT2D eigenvalue weighted by Gasteiger charge is -2.36. The lowest BCUT2D eigenvalue weighted by atomic mass is 9.87. The summed E-state index contributed by atoms with van der Waals surface area (Å²) in [5.74, 6) is 0.592. The molecule has 4 amide bonds. The second kappa shape index (κ2) is 6.95. The lowest BCUT2D eigenvalue weighted by molar-refractivity contribution is -0.132. The molecule has 9 nitrogen and oxygen atoms in total. The summed E-state index contributed by atoms with van der Waals surface area (Å²) in [5, 5.41) is 5.47. The maximum absolute atomic E-state index is 12.6. The van der Waals surface area contributed by atoms with Crippen LogP contribution in [0.5, 0.6) is 0 Å². The number of halogens is 1. The first kappa shape index (κ1) is 18.0. The molecule has 2 saturated heterocycles. The number of amides is 4. The molecule has 4 rings (SSSR count). The third-order valence-corrected chi connectivity index (χ3v) is 5.76. The minimum Gasteiger partial charge on any atom is -0.353 e. The summed E-state index contributed by atoms with van der Waals surface area (Å²) in [4.78, 5) is 48.4. The number of imide groups is 1. The summed E-state index contributed by atoms with van der Waals surface area (Å²) in [7, 11) is 0. The number of nitrogens with one attached hydrogen (secondary N) is 2. The molecular formula is C17H21ClN6O3. The van der Waals surface area contributed by atoms with Crippen molar-refractivity contribution in [2.75, 3.05) is 31.1 Å². The zero-order valence-corrected chi connectivity index (χ0v) is 15.5. The summed E-state index contributed by atoms with van der Waals surface area (Å²) in [6.07, 6.45) is 3.82. The highest BCUT2D eigenvalue weighted by Crippen LogP contribution is 2.43. The highest BCUT2D eigenvalue weighted by Gasteiger charge is 2.55. The molecule has 2 aliphatic heterocycles. The molecule has 3 heterocycles. The number of hydrogen-bond acceptors (Lipinski definition) is 6. The van der Waals surface area contributed by atoms with Gasteiger partial charge in [-0.15, -0.1) is 0 Å². The molecule has 1 saturated carbocycles. The quantitative estimate of drug-likeness (QED) is 0.559. The van der Waals surface area contributed by atoms with Gasteiger partial charge in [-0.25, -0.2) is 14.8 Å². The monoisotopic (exact) mass is 392 g/mol. The van der Waals surface area contributed by atoms with Gasteiger partial charge in [0.25, 0.3) is 5.91 Å². The van der Waals surface area contributed by atoms with Crippen LogP contribution in [0.4, 0.5) is 10.6 Å². The van der Waals surface area contributed by atoms with Gasteiger partial charge >= 0.3 is 6.03 Å². The van der Waals surface area contributed by atoms with Crippen molar-refractivity contribution in [3.8, 4) is 0 Å². The van der Waals surface area contributed by atoms with Crippen molar-refractivity contribution >= 4 is 35.3 Å². The Balaban J connectivity index is 1.32. The molecule has 144 valence electrons. The minimum atomic E-state index is -0.910. The van der Waals surface area contributed by atoms with Gasteiger partial charge in [-0.3, -0.25) is 14.9 Å². The molecule has 1 unspecified atom stereocenters. The maximum Gasteiger partial charge on any atom is 0.322 e. The number of hydrogen-bond donors (Lipinski definition) is 2. The molecule has 1 atom stereocenters. The Kier molecular flexibility index (Phi) is 4.63. The molecule has 2 N–H and O–H groups in total. The van der Waals surface area contributed by atoms with Crippen molar-refractivity contribution in [2.45, 2.75) is 31.2 Å². The number of anilines is 1. The summed E-state index contributed by atoms with van der Waals surface area (Å²) in [6.45, 7) is 2.47. The van der Waals surface area contributed by atoms with Crippen LogP contribution >= 0.6 is 11.6 Å². The molecule has 1 aromatic rings. The fourth-order valence-corrected chi connectivity index (χ4v) is 4.03. The largest absolute Gasteiger partial charge is 0.353 e. The molecule has 10 heteroatoms. The molecule has 3 aliphatic rings. The van der Waals surface area contributed by atoms with Gasteiger partial charge in [0, 0.05) is 38.7 Å². The second-order valence-corrected chi connectivity index (χ2v) is 7.61. The average Bonchev–Trinajstić information content (AvgIpc) is 3.46. The van der Waals surface area contributed by atoms with E-state index in [0.29, 0.717) is 37.8 Å². The Bertz CT molecular complexity index is 778. The number of aromatic nitrogens is 2. The molecule has 1 aromatic heterocycles. The van der Waals surface area contributed by atoms with Crippen molar-refractivity contribution in [1.82, 2.24) is 25.5 Å². The zero-order chi connectivity index (χ0) is 19.0. The van der Waals surface area contributed by atoms with E-state index >= 15 is 0 Å². The van der Waals surface area contributed by atoms with E-state index in [1.54, 1.807) is 11.0 Å². The lowest BCUT2D eigenvalue weighted by Crippen LogP contribution is -2.52.